The predicted octanol–water partition coefficient (Wildman–Crippen LogP) is 2.89. The van der Waals surface area contributed by atoms with Crippen molar-refractivity contribution in [1.29, 1.82) is 0 Å². The summed E-state index contributed by atoms with van der Waals surface area (Å²) < 4.78 is 6.23. The molecule has 0 aliphatic heterocycles. The van der Waals surface area contributed by atoms with Gasteiger partial charge < -0.3 is 20.1 Å². The van der Waals surface area contributed by atoms with E-state index in [0.717, 1.165) is 51.4 Å². The third-order valence-electron chi connectivity index (χ3n) is 4.62. The van der Waals surface area contributed by atoms with Gasteiger partial charge in [0.15, 0.2) is 0 Å². The summed E-state index contributed by atoms with van der Waals surface area (Å²) in [6.45, 7) is 6.22. The molecule has 0 radical (unpaired) electrons. The van der Waals surface area contributed by atoms with E-state index in [9.17, 15) is 15.3 Å². The lowest BCUT2D eigenvalue weighted by Crippen LogP contribution is -2.57. The maximum absolute atomic E-state index is 9.87. The number of ether oxygens (including phenoxy) is 1. The fourth-order valence-electron chi connectivity index (χ4n) is 2.87. The molecule has 0 aliphatic carbocycles. The molecule has 0 aromatic rings. The van der Waals surface area contributed by atoms with Crippen LogP contribution in [0.1, 0.15) is 72.1 Å². The van der Waals surface area contributed by atoms with Crippen LogP contribution in [0, 0.1) is 5.41 Å². The Bertz CT molecular complexity index is 223. The summed E-state index contributed by atoms with van der Waals surface area (Å²) in [5.41, 5.74) is -1.60. The van der Waals surface area contributed by atoms with E-state index in [1.165, 1.54) is 0 Å². The van der Waals surface area contributed by atoms with Crippen LogP contribution < -0.4 is 0 Å². The van der Waals surface area contributed by atoms with Crippen molar-refractivity contribution in [3.63, 3.8) is 0 Å². The molecule has 0 bridgehead atoms. The van der Waals surface area contributed by atoms with Crippen LogP contribution in [0.2, 0.25) is 0 Å². The molecule has 4 heteroatoms. The number of aliphatic hydroxyl groups excluding tert-OH is 3. The van der Waals surface area contributed by atoms with Crippen molar-refractivity contribution in [3.05, 3.63) is 0 Å². The highest BCUT2D eigenvalue weighted by Gasteiger charge is 2.50. The first-order chi connectivity index (χ1) is 10.1. The molecule has 0 spiro atoms. The Balaban J connectivity index is 5.36. The standard InChI is InChI=1S/C17H36O4/c1-4-7-10-17(11-8-5-2,21-12-9-6-3)16(13-18,14-19)15-20/h18-20H,4-15H2,1-3H3. The van der Waals surface area contributed by atoms with Crippen LogP contribution in [0.4, 0.5) is 0 Å². The Kier molecular flexibility index (Phi) is 11.3. The first kappa shape index (κ1) is 20.8. The average Bonchev–Trinajstić information content (AvgIpc) is 2.52. The fraction of sp³-hybridized carbons (Fsp3) is 1.00. The van der Waals surface area contributed by atoms with Gasteiger partial charge in [0.2, 0.25) is 0 Å². The first-order valence-electron chi connectivity index (χ1n) is 8.58. The normalized spacial score (nSPS) is 12.9. The second-order valence-corrected chi connectivity index (χ2v) is 6.16. The van der Waals surface area contributed by atoms with E-state index in [4.69, 9.17) is 4.74 Å². The van der Waals surface area contributed by atoms with E-state index in [1.54, 1.807) is 0 Å². The number of aliphatic hydroxyl groups is 3. The Morgan fingerprint density at radius 2 is 1.14 bits per heavy atom. The highest BCUT2D eigenvalue weighted by molar-refractivity contribution is 5.00. The van der Waals surface area contributed by atoms with Gasteiger partial charge in [0.25, 0.3) is 0 Å². The van der Waals surface area contributed by atoms with Gasteiger partial charge in [-0.25, -0.2) is 0 Å². The van der Waals surface area contributed by atoms with E-state index >= 15 is 0 Å². The molecule has 0 amide bonds. The molecule has 0 aliphatic rings. The highest BCUT2D eigenvalue weighted by Crippen LogP contribution is 2.42. The molecule has 0 aromatic carbocycles. The van der Waals surface area contributed by atoms with Crippen LogP contribution in [0.25, 0.3) is 0 Å². The second-order valence-electron chi connectivity index (χ2n) is 6.16. The molecule has 0 rings (SSSR count). The number of unbranched alkanes of at least 4 members (excludes halogenated alkanes) is 3. The molecule has 0 fully saturated rings. The second kappa shape index (κ2) is 11.4. The lowest BCUT2D eigenvalue weighted by atomic mass is 9.68. The van der Waals surface area contributed by atoms with Gasteiger partial charge in [-0.2, -0.15) is 0 Å². The minimum atomic E-state index is -0.967. The van der Waals surface area contributed by atoms with Crippen molar-refractivity contribution < 1.29 is 20.1 Å². The maximum Gasteiger partial charge on any atom is 0.0804 e. The van der Waals surface area contributed by atoms with Crippen LogP contribution in [-0.4, -0.2) is 47.3 Å². The molecule has 21 heavy (non-hydrogen) atoms. The summed E-state index contributed by atoms with van der Waals surface area (Å²) in [6, 6.07) is 0. The van der Waals surface area contributed by atoms with Crippen molar-refractivity contribution in [2.24, 2.45) is 5.41 Å². The van der Waals surface area contributed by atoms with E-state index in [0.29, 0.717) is 6.61 Å². The van der Waals surface area contributed by atoms with Gasteiger partial charge in [0.1, 0.15) is 0 Å². The average molecular weight is 304 g/mol. The summed E-state index contributed by atoms with van der Waals surface area (Å²) in [7, 11) is 0. The molecule has 128 valence electrons. The Hall–Kier alpha value is -0.160. The zero-order valence-corrected chi connectivity index (χ0v) is 14.2. The number of rotatable bonds is 14. The third-order valence-corrected chi connectivity index (χ3v) is 4.62. The van der Waals surface area contributed by atoms with Gasteiger partial charge in [-0.1, -0.05) is 52.9 Å². The quantitative estimate of drug-likeness (QED) is 0.432. The lowest BCUT2D eigenvalue weighted by Gasteiger charge is -2.48. The van der Waals surface area contributed by atoms with Crippen molar-refractivity contribution >= 4 is 0 Å². The lowest BCUT2D eigenvalue weighted by molar-refractivity contribution is -0.194. The molecule has 0 atom stereocenters. The van der Waals surface area contributed by atoms with Gasteiger partial charge >= 0.3 is 0 Å². The largest absolute Gasteiger partial charge is 0.395 e. The Morgan fingerprint density at radius 3 is 1.48 bits per heavy atom. The van der Waals surface area contributed by atoms with Crippen molar-refractivity contribution in [2.45, 2.75) is 77.7 Å². The molecule has 4 nitrogen and oxygen atoms in total. The van der Waals surface area contributed by atoms with Crippen molar-refractivity contribution in [2.75, 3.05) is 26.4 Å². The minimum Gasteiger partial charge on any atom is -0.395 e. The molecular formula is C17H36O4. The van der Waals surface area contributed by atoms with E-state index in [-0.39, 0.29) is 19.8 Å². The van der Waals surface area contributed by atoms with E-state index in [2.05, 4.69) is 20.8 Å². The highest BCUT2D eigenvalue weighted by atomic mass is 16.5. The molecule has 0 saturated carbocycles. The summed E-state index contributed by atoms with van der Waals surface area (Å²) in [5, 5.41) is 29.6. The maximum atomic E-state index is 9.87. The van der Waals surface area contributed by atoms with Gasteiger partial charge in [-0.05, 0) is 19.3 Å². The monoisotopic (exact) mass is 304 g/mol. The zero-order chi connectivity index (χ0) is 16.2. The summed E-state index contributed by atoms with van der Waals surface area (Å²) in [4.78, 5) is 0. The van der Waals surface area contributed by atoms with Gasteiger partial charge in [0.05, 0.1) is 30.8 Å². The molecular weight excluding hydrogens is 268 g/mol. The molecule has 0 saturated heterocycles. The summed E-state index contributed by atoms with van der Waals surface area (Å²) in [5.74, 6) is 0. The van der Waals surface area contributed by atoms with Crippen LogP contribution in [0.3, 0.4) is 0 Å². The first-order valence-corrected chi connectivity index (χ1v) is 8.58. The number of hydrogen-bond donors (Lipinski definition) is 3. The Morgan fingerprint density at radius 1 is 0.714 bits per heavy atom. The zero-order valence-electron chi connectivity index (χ0n) is 14.2. The topological polar surface area (TPSA) is 69.9 Å². The van der Waals surface area contributed by atoms with Crippen molar-refractivity contribution in [1.82, 2.24) is 0 Å². The molecule has 0 unspecified atom stereocenters. The summed E-state index contributed by atoms with van der Waals surface area (Å²) in [6.07, 6.45) is 7.55. The van der Waals surface area contributed by atoms with E-state index in [1.807, 2.05) is 0 Å². The molecule has 0 heterocycles. The smallest absolute Gasteiger partial charge is 0.0804 e. The van der Waals surface area contributed by atoms with Gasteiger partial charge in [-0.15, -0.1) is 0 Å². The van der Waals surface area contributed by atoms with E-state index < -0.39 is 11.0 Å². The minimum absolute atomic E-state index is 0.250. The SMILES string of the molecule is CCCCOC(CCCC)(CCCC)C(CO)(CO)CO. The van der Waals surface area contributed by atoms with Crippen LogP contribution in [0.5, 0.6) is 0 Å². The molecule has 0 aromatic heterocycles. The van der Waals surface area contributed by atoms with Crippen molar-refractivity contribution in [3.8, 4) is 0 Å². The summed E-state index contributed by atoms with van der Waals surface area (Å²) >= 11 is 0. The van der Waals surface area contributed by atoms with Gasteiger partial charge in [-0.3, -0.25) is 0 Å². The number of hydrogen-bond acceptors (Lipinski definition) is 4. The fourth-order valence-corrected chi connectivity index (χ4v) is 2.87. The van der Waals surface area contributed by atoms with Crippen LogP contribution in [-0.2, 0) is 4.74 Å². The predicted molar refractivity (Wildman–Crippen MR) is 86.3 cm³/mol. The van der Waals surface area contributed by atoms with Gasteiger partial charge in [0, 0.05) is 6.61 Å². The molecule has 3 N–H and O–H groups in total. The third kappa shape index (κ3) is 5.51. The van der Waals surface area contributed by atoms with Crippen LogP contribution >= 0.6 is 0 Å². The Labute approximate surface area is 130 Å². The van der Waals surface area contributed by atoms with Crippen LogP contribution in [0.15, 0.2) is 0 Å².